The van der Waals surface area contributed by atoms with Gasteiger partial charge in [-0.1, -0.05) is 0 Å². The van der Waals surface area contributed by atoms with Gasteiger partial charge in [0.2, 0.25) is 0 Å². The minimum Gasteiger partial charge on any atom is -0.870 e. The van der Waals surface area contributed by atoms with Crippen molar-refractivity contribution in [3.05, 3.63) is 0 Å². The Hall–Kier alpha value is 0.568. The zero-order chi connectivity index (χ0) is 2.71. The van der Waals surface area contributed by atoms with Crippen LogP contribution in [0.2, 0.25) is 0 Å². The monoisotopic (exact) mass is 244 g/mol. The van der Waals surface area contributed by atoms with Crippen molar-refractivity contribution in [1.29, 1.82) is 0 Å². The van der Waals surface area contributed by atoms with Gasteiger partial charge in [-0.3, -0.25) is 0 Å². The van der Waals surface area contributed by atoms with Gasteiger partial charge in [0, 0.05) is 0 Å². The summed E-state index contributed by atoms with van der Waals surface area (Å²) < 4.78 is 9.47. The quantitative estimate of drug-likeness (QED) is 0.552. The average Bonchev–Trinajstić information content (AvgIpc) is 0.918. The zero-order valence-electron chi connectivity index (χ0n) is 1.92. The summed E-state index contributed by atoms with van der Waals surface area (Å²) in [6.07, 6.45) is 0. The molecule has 0 aliphatic heterocycles. The smallest absolute Gasteiger partial charge is 0.870 e. The van der Waals surface area contributed by atoms with E-state index in [-0.39, 0.29) is 5.48 Å². The van der Waals surface area contributed by atoms with Crippen LogP contribution in [0.25, 0.3) is 0 Å². The first-order chi connectivity index (χ1) is 1.41. The molecular formula is H5N2OPt. The SMILES string of the molecule is [NH2][Pt+][NH2].[OH-]. The predicted molar refractivity (Wildman–Crippen MR) is 10.3 cm³/mol. The number of hydrogen-bond acceptors (Lipinski definition) is 3. The Balaban J connectivity index is 0. The molecule has 0 amide bonds. The van der Waals surface area contributed by atoms with Crippen molar-refractivity contribution in [2.75, 3.05) is 0 Å². The van der Waals surface area contributed by atoms with Crippen molar-refractivity contribution in [2.24, 2.45) is 8.58 Å². The molecule has 0 heterocycles. The molecule has 3 nitrogen and oxygen atoms in total. The maximum absolute atomic E-state index is 4.74. The maximum atomic E-state index is 4.74. The van der Waals surface area contributed by atoms with Crippen LogP contribution in [-0.2, 0) is 19.1 Å². The standard InChI is InChI=1S/2H2N.H2O.Pt/h3*1H2;/q2*-1;;+3/p-1. The molecule has 0 unspecified atom stereocenters. The molecule has 0 spiro atoms. The predicted octanol–water partition coefficient (Wildman–Crippen LogP) is -1.36. The van der Waals surface area contributed by atoms with E-state index in [0.717, 1.165) is 0 Å². The van der Waals surface area contributed by atoms with Gasteiger partial charge in [-0.2, -0.15) is 0 Å². The Morgan fingerprint density at radius 1 is 1.25 bits per heavy atom. The van der Waals surface area contributed by atoms with Gasteiger partial charge in [0.1, 0.15) is 0 Å². The zero-order valence-corrected chi connectivity index (χ0v) is 4.19. The van der Waals surface area contributed by atoms with Gasteiger partial charge >= 0.3 is 27.6 Å². The Kier molecular flexibility index (Phi) is 21.1. The van der Waals surface area contributed by atoms with Crippen LogP contribution in [0.3, 0.4) is 0 Å². The van der Waals surface area contributed by atoms with Crippen molar-refractivity contribution in [3.8, 4) is 0 Å². The van der Waals surface area contributed by atoms with Crippen molar-refractivity contribution in [3.63, 3.8) is 0 Å². The van der Waals surface area contributed by atoms with Crippen LogP contribution in [-0.4, -0.2) is 5.48 Å². The molecule has 0 aliphatic rings. The van der Waals surface area contributed by atoms with E-state index >= 15 is 0 Å². The third-order valence-electron chi connectivity index (χ3n) is 0. The summed E-state index contributed by atoms with van der Waals surface area (Å²) in [6, 6.07) is 0. The molecule has 0 saturated heterocycles. The van der Waals surface area contributed by atoms with E-state index in [2.05, 4.69) is 0 Å². The Labute approximate surface area is 33.8 Å². The molecule has 0 rings (SSSR count). The fourth-order valence-electron chi connectivity index (χ4n) is 0. The fraction of sp³-hybridized carbons (Fsp3) is 0. The minimum absolute atomic E-state index is 0. The molecule has 0 bridgehead atoms. The van der Waals surface area contributed by atoms with Crippen LogP contribution in [0.1, 0.15) is 0 Å². The second kappa shape index (κ2) is 9.57. The molecule has 31 valence electrons. The summed E-state index contributed by atoms with van der Waals surface area (Å²) in [6.45, 7) is 0. The van der Waals surface area contributed by atoms with Crippen molar-refractivity contribution in [1.82, 2.24) is 0 Å². The molecule has 0 aliphatic carbocycles. The third-order valence-corrected chi connectivity index (χ3v) is 0. The van der Waals surface area contributed by atoms with Gasteiger partial charge < -0.3 is 5.48 Å². The van der Waals surface area contributed by atoms with E-state index in [1.54, 1.807) is 0 Å². The first-order valence-corrected chi connectivity index (χ1v) is 2.99. The van der Waals surface area contributed by atoms with Crippen molar-refractivity contribution in [2.45, 2.75) is 0 Å². The van der Waals surface area contributed by atoms with Crippen LogP contribution < -0.4 is 8.58 Å². The molecule has 0 fully saturated rings. The van der Waals surface area contributed by atoms with Gasteiger partial charge in [0.05, 0.1) is 0 Å². The molecule has 5 N–H and O–H groups in total. The van der Waals surface area contributed by atoms with Crippen LogP contribution >= 0.6 is 0 Å². The van der Waals surface area contributed by atoms with Crippen molar-refractivity contribution >= 4 is 0 Å². The van der Waals surface area contributed by atoms with E-state index in [1.165, 1.54) is 0 Å². The molecule has 0 aromatic heterocycles. The second-order valence-corrected chi connectivity index (χ2v) is 0.863. The van der Waals surface area contributed by atoms with E-state index in [4.69, 9.17) is 8.58 Å². The van der Waals surface area contributed by atoms with Crippen LogP contribution in [0.5, 0.6) is 0 Å². The Bertz CT molecular complexity index is 6.00. The van der Waals surface area contributed by atoms with Crippen molar-refractivity contribution < 1.29 is 24.5 Å². The first kappa shape index (κ1) is 8.82. The van der Waals surface area contributed by atoms with Gasteiger partial charge in [-0.15, -0.1) is 0 Å². The van der Waals surface area contributed by atoms with E-state index in [9.17, 15) is 0 Å². The van der Waals surface area contributed by atoms with Crippen LogP contribution in [0.4, 0.5) is 0 Å². The second-order valence-electron chi connectivity index (χ2n) is 0.105. The maximum Gasteiger partial charge on any atom is -0.870 e. The molecule has 0 radical (unpaired) electrons. The number of rotatable bonds is 0. The summed E-state index contributed by atoms with van der Waals surface area (Å²) in [4.78, 5) is 0. The van der Waals surface area contributed by atoms with E-state index < -0.39 is 19.1 Å². The Morgan fingerprint density at radius 2 is 1.25 bits per heavy atom. The molecule has 4 heteroatoms. The molecule has 0 saturated carbocycles. The van der Waals surface area contributed by atoms with Gasteiger partial charge in [0.25, 0.3) is 0 Å². The number of nitrogens with two attached hydrogens (primary N) is 2. The fourth-order valence-corrected chi connectivity index (χ4v) is 0. The summed E-state index contributed by atoms with van der Waals surface area (Å²) in [5, 5.41) is 0. The first-order valence-electron chi connectivity index (χ1n) is 0.365. The topological polar surface area (TPSA) is 82.0 Å². The average molecular weight is 244 g/mol. The number of hydrogen-bond donors (Lipinski definition) is 2. The minimum atomic E-state index is -0.417. The van der Waals surface area contributed by atoms with Crippen LogP contribution in [0, 0.1) is 0 Å². The summed E-state index contributed by atoms with van der Waals surface area (Å²) in [5.74, 6) is 0. The van der Waals surface area contributed by atoms with Gasteiger partial charge in [-0.05, 0) is 0 Å². The third kappa shape index (κ3) is 19.6. The van der Waals surface area contributed by atoms with E-state index in [0.29, 0.717) is 0 Å². The molecule has 0 aromatic rings. The van der Waals surface area contributed by atoms with Crippen LogP contribution in [0.15, 0.2) is 0 Å². The summed E-state index contributed by atoms with van der Waals surface area (Å²) >= 11 is -0.417. The molecule has 0 atom stereocenters. The Morgan fingerprint density at radius 3 is 1.25 bits per heavy atom. The molecular weight excluding hydrogens is 239 g/mol. The van der Waals surface area contributed by atoms with E-state index in [1.807, 2.05) is 0 Å². The van der Waals surface area contributed by atoms with Gasteiger partial charge in [-0.25, -0.2) is 0 Å². The largest absolute Gasteiger partial charge is 0.870 e. The normalized spacial score (nSPS) is 5.50. The summed E-state index contributed by atoms with van der Waals surface area (Å²) in [7, 11) is 0. The molecule has 0 aromatic carbocycles. The van der Waals surface area contributed by atoms with Gasteiger partial charge in [0.15, 0.2) is 0 Å². The molecule has 4 heavy (non-hydrogen) atoms. The summed E-state index contributed by atoms with van der Waals surface area (Å²) in [5.41, 5.74) is 0.